The topological polar surface area (TPSA) is 54.7 Å². The van der Waals surface area contributed by atoms with Gasteiger partial charge in [0, 0.05) is 18.8 Å². The van der Waals surface area contributed by atoms with Crippen LogP contribution in [0.5, 0.6) is 5.75 Å². The highest BCUT2D eigenvalue weighted by Gasteiger charge is 2.24. The van der Waals surface area contributed by atoms with Crippen molar-refractivity contribution < 1.29 is 13.9 Å². The molecule has 2 aromatic rings. The maximum Gasteiger partial charge on any atom is 0.321 e. The Morgan fingerprint density at radius 2 is 2.21 bits per heavy atom. The molecule has 0 aliphatic carbocycles. The molecule has 1 aromatic carbocycles. The number of urea groups is 1. The van der Waals surface area contributed by atoms with Gasteiger partial charge in [0.05, 0.1) is 23.8 Å². The van der Waals surface area contributed by atoms with Crippen LogP contribution in [-0.4, -0.2) is 36.4 Å². The van der Waals surface area contributed by atoms with E-state index in [1.54, 1.807) is 6.26 Å². The average Bonchev–Trinajstić information content (AvgIpc) is 3.01. The van der Waals surface area contributed by atoms with Gasteiger partial charge in [-0.15, -0.1) is 11.8 Å². The van der Waals surface area contributed by atoms with Gasteiger partial charge in [-0.2, -0.15) is 0 Å². The lowest BCUT2D eigenvalue weighted by molar-refractivity contribution is 0.214. The minimum absolute atomic E-state index is 0.0807. The SMILES string of the molecule is CCOc1ccccc1NC(=O)N1CCS[C@@H](c2ccco2)CC1. The monoisotopic (exact) mass is 346 g/mol. The van der Waals surface area contributed by atoms with Crippen molar-refractivity contribution in [2.24, 2.45) is 0 Å². The Morgan fingerprint density at radius 1 is 1.33 bits per heavy atom. The number of nitrogens with one attached hydrogen (secondary N) is 1. The van der Waals surface area contributed by atoms with E-state index in [0.717, 1.165) is 24.5 Å². The summed E-state index contributed by atoms with van der Waals surface area (Å²) < 4.78 is 11.1. The Bertz CT molecular complexity index is 660. The van der Waals surface area contributed by atoms with Gasteiger partial charge in [-0.25, -0.2) is 4.79 Å². The Balaban J connectivity index is 1.61. The van der Waals surface area contributed by atoms with E-state index in [4.69, 9.17) is 9.15 Å². The molecule has 24 heavy (non-hydrogen) atoms. The second-order valence-corrected chi connectivity index (χ2v) is 6.82. The van der Waals surface area contributed by atoms with Gasteiger partial charge >= 0.3 is 6.03 Å². The summed E-state index contributed by atoms with van der Waals surface area (Å²) >= 11 is 1.84. The number of carbonyl (C=O) groups excluding carboxylic acids is 1. The summed E-state index contributed by atoms with van der Waals surface area (Å²) in [4.78, 5) is 14.5. The number of nitrogens with zero attached hydrogens (tertiary/aromatic N) is 1. The first-order valence-corrected chi connectivity index (χ1v) is 9.25. The van der Waals surface area contributed by atoms with Crippen LogP contribution in [0.1, 0.15) is 24.4 Å². The lowest BCUT2D eigenvalue weighted by atomic mass is 10.2. The number of ether oxygens (including phenoxy) is 1. The molecule has 128 valence electrons. The summed E-state index contributed by atoms with van der Waals surface area (Å²) in [6.45, 7) is 3.93. The van der Waals surface area contributed by atoms with Crippen LogP contribution in [0.25, 0.3) is 0 Å². The number of rotatable bonds is 4. The number of para-hydroxylation sites is 2. The molecule has 1 saturated heterocycles. The Kier molecular flexibility index (Phi) is 5.69. The fraction of sp³-hybridized carbons (Fsp3) is 0.389. The Labute approximate surface area is 146 Å². The quantitative estimate of drug-likeness (QED) is 0.892. The Hall–Kier alpha value is -2.08. The van der Waals surface area contributed by atoms with Gasteiger partial charge in [0.25, 0.3) is 0 Å². The van der Waals surface area contributed by atoms with Gasteiger partial charge in [-0.1, -0.05) is 12.1 Å². The molecule has 0 unspecified atom stereocenters. The maximum absolute atomic E-state index is 12.6. The van der Waals surface area contributed by atoms with E-state index in [1.165, 1.54) is 0 Å². The highest BCUT2D eigenvalue weighted by Crippen LogP contribution is 2.34. The molecule has 1 N–H and O–H groups in total. The molecular formula is C18H22N2O3S. The van der Waals surface area contributed by atoms with Crippen LogP contribution in [0, 0.1) is 0 Å². The largest absolute Gasteiger partial charge is 0.492 e. The van der Waals surface area contributed by atoms with Crippen molar-refractivity contribution in [2.45, 2.75) is 18.6 Å². The van der Waals surface area contributed by atoms with E-state index in [0.29, 0.717) is 29.8 Å². The normalized spacial score (nSPS) is 18.0. The number of carbonyl (C=O) groups is 1. The summed E-state index contributed by atoms with van der Waals surface area (Å²) in [5, 5.41) is 3.29. The molecule has 1 aliphatic heterocycles. The molecule has 0 saturated carbocycles. The summed E-state index contributed by atoms with van der Waals surface area (Å²) in [6.07, 6.45) is 2.59. The number of furan rings is 1. The third-order valence-corrected chi connectivity index (χ3v) is 5.21. The summed E-state index contributed by atoms with van der Waals surface area (Å²) in [6, 6.07) is 11.4. The highest BCUT2D eigenvalue weighted by atomic mass is 32.2. The summed E-state index contributed by atoms with van der Waals surface area (Å²) in [5.41, 5.74) is 0.712. The minimum Gasteiger partial charge on any atom is -0.492 e. The zero-order valence-electron chi connectivity index (χ0n) is 13.7. The molecular weight excluding hydrogens is 324 g/mol. The molecule has 0 spiro atoms. The summed E-state index contributed by atoms with van der Waals surface area (Å²) in [5.74, 6) is 2.58. The van der Waals surface area contributed by atoms with Crippen LogP contribution in [0.15, 0.2) is 47.1 Å². The summed E-state index contributed by atoms with van der Waals surface area (Å²) in [7, 11) is 0. The first-order valence-electron chi connectivity index (χ1n) is 8.20. The molecule has 0 radical (unpaired) electrons. The number of anilines is 1. The van der Waals surface area contributed by atoms with Gasteiger partial charge in [-0.05, 0) is 37.6 Å². The number of thioether (sulfide) groups is 1. The van der Waals surface area contributed by atoms with E-state index in [9.17, 15) is 4.79 Å². The molecule has 1 aliphatic rings. The molecule has 3 rings (SSSR count). The van der Waals surface area contributed by atoms with Crippen molar-refractivity contribution in [1.29, 1.82) is 0 Å². The van der Waals surface area contributed by atoms with E-state index >= 15 is 0 Å². The molecule has 1 aromatic heterocycles. The molecule has 5 nitrogen and oxygen atoms in total. The van der Waals surface area contributed by atoms with Crippen LogP contribution in [0.4, 0.5) is 10.5 Å². The first-order chi connectivity index (χ1) is 11.8. The maximum atomic E-state index is 12.6. The molecule has 6 heteroatoms. The van der Waals surface area contributed by atoms with Crippen LogP contribution >= 0.6 is 11.8 Å². The van der Waals surface area contributed by atoms with Crippen molar-refractivity contribution in [3.8, 4) is 5.75 Å². The zero-order valence-corrected chi connectivity index (χ0v) is 14.6. The lowest BCUT2D eigenvalue weighted by Gasteiger charge is -2.21. The van der Waals surface area contributed by atoms with Gasteiger partial charge < -0.3 is 19.4 Å². The van der Waals surface area contributed by atoms with Crippen molar-refractivity contribution in [2.75, 3.05) is 30.8 Å². The van der Waals surface area contributed by atoms with Crippen molar-refractivity contribution in [1.82, 2.24) is 4.90 Å². The number of benzene rings is 1. The van der Waals surface area contributed by atoms with E-state index in [1.807, 2.05) is 60.0 Å². The molecule has 1 atom stereocenters. The standard InChI is InChI=1S/C18H22N2O3S/c1-2-22-15-7-4-3-6-14(15)19-18(21)20-10-9-17(24-13-11-20)16-8-5-12-23-16/h3-8,12,17H,2,9-11,13H2,1H3,(H,19,21)/t17-/m1/s1. The first kappa shape index (κ1) is 16.8. The lowest BCUT2D eigenvalue weighted by Crippen LogP contribution is -2.36. The van der Waals surface area contributed by atoms with Crippen LogP contribution < -0.4 is 10.1 Å². The molecule has 0 bridgehead atoms. The smallest absolute Gasteiger partial charge is 0.321 e. The molecule has 2 heterocycles. The van der Waals surface area contributed by atoms with Crippen LogP contribution in [0.3, 0.4) is 0 Å². The fourth-order valence-corrected chi connectivity index (χ4v) is 3.90. The fourth-order valence-electron chi connectivity index (χ4n) is 2.72. The molecule has 2 amide bonds. The number of hydrogen-bond acceptors (Lipinski definition) is 4. The van der Waals surface area contributed by atoms with Gasteiger partial charge in [0.1, 0.15) is 11.5 Å². The number of amides is 2. The zero-order chi connectivity index (χ0) is 16.8. The molecule has 1 fully saturated rings. The Morgan fingerprint density at radius 3 is 3.00 bits per heavy atom. The van der Waals surface area contributed by atoms with Crippen LogP contribution in [-0.2, 0) is 0 Å². The van der Waals surface area contributed by atoms with E-state index < -0.39 is 0 Å². The average molecular weight is 346 g/mol. The predicted octanol–water partition coefficient (Wildman–Crippen LogP) is 4.39. The van der Waals surface area contributed by atoms with Gasteiger partial charge in [-0.3, -0.25) is 0 Å². The second-order valence-electron chi connectivity index (χ2n) is 5.51. The third kappa shape index (κ3) is 4.06. The number of hydrogen-bond donors (Lipinski definition) is 1. The minimum atomic E-state index is -0.0807. The second kappa shape index (κ2) is 8.15. The van der Waals surface area contributed by atoms with Crippen LogP contribution in [0.2, 0.25) is 0 Å². The predicted molar refractivity (Wildman–Crippen MR) is 96.7 cm³/mol. The van der Waals surface area contributed by atoms with E-state index in [2.05, 4.69) is 5.32 Å². The van der Waals surface area contributed by atoms with Gasteiger partial charge in [0.15, 0.2) is 0 Å². The van der Waals surface area contributed by atoms with Crippen molar-refractivity contribution >= 4 is 23.5 Å². The van der Waals surface area contributed by atoms with E-state index in [-0.39, 0.29) is 6.03 Å². The third-order valence-electron chi connectivity index (χ3n) is 3.92. The van der Waals surface area contributed by atoms with Crippen molar-refractivity contribution in [3.05, 3.63) is 48.4 Å². The highest BCUT2D eigenvalue weighted by molar-refractivity contribution is 7.99. The van der Waals surface area contributed by atoms with Crippen molar-refractivity contribution in [3.63, 3.8) is 0 Å². The van der Waals surface area contributed by atoms with Gasteiger partial charge in [0.2, 0.25) is 0 Å².